The summed E-state index contributed by atoms with van der Waals surface area (Å²) in [7, 11) is 0. The zero-order chi connectivity index (χ0) is 11.1. The van der Waals surface area contributed by atoms with Crippen molar-refractivity contribution in [1.82, 2.24) is 0 Å². The predicted octanol–water partition coefficient (Wildman–Crippen LogP) is 3.49. The molecule has 1 aliphatic carbocycles. The van der Waals surface area contributed by atoms with Gasteiger partial charge in [-0.3, -0.25) is 4.79 Å². The summed E-state index contributed by atoms with van der Waals surface area (Å²) in [6.45, 7) is 4.54. The highest BCUT2D eigenvalue weighted by Crippen LogP contribution is 2.38. The minimum Gasteiger partial charge on any atom is -0.293 e. The molecule has 1 nitrogen and oxygen atoms in total. The molecule has 0 spiro atoms. The van der Waals surface area contributed by atoms with Gasteiger partial charge in [-0.2, -0.15) is 0 Å². The molecule has 0 bridgehead atoms. The van der Waals surface area contributed by atoms with E-state index in [1.54, 1.807) is 0 Å². The van der Waals surface area contributed by atoms with Crippen LogP contribution < -0.4 is 0 Å². The second-order valence-electron chi connectivity index (χ2n) is 4.81. The van der Waals surface area contributed by atoms with Gasteiger partial charge in [0.15, 0.2) is 5.78 Å². The van der Waals surface area contributed by atoms with Gasteiger partial charge in [-0.05, 0) is 35.4 Å². The van der Waals surface area contributed by atoms with Crippen LogP contribution in [0.15, 0.2) is 18.2 Å². The first kappa shape index (κ1) is 10.9. The van der Waals surface area contributed by atoms with E-state index in [0.29, 0.717) is 5.33 Å². The Morgan fingerprint density at radius 3 is 2.87 bits per heavy atom. The van der Waals surface area contributed by atoms with Gasteiger partial charge in [0.25, 0.3) is 0 Å². The van der Waals surface area contributed by atoms with Crippen LogP contribution in [0.5, 0.6) is 0 Å². The summed E-state index contributed by atoms with van der Waals surface area (Å²) in [4.78, 5) is 11.5. The third kappa shape index (κ3) is 1.87. The van der Waals surface area contributed by atoms with E-state index in [1.165, 1.54) is 17.5 Å². The van der Waals surface area contributed by atoms with Crippen LogP contribution in [0.3, 0.4) is 0 Å². The van der Waals surface area contributed by atoms with Crippen LogP contribution >= 0.6 is 15.9 Å². The van der Waals surface area contributed by atoms with Crippen LogP contribution in [0, 0.1) is 0 Å². The normalized spacial score (nSPS) is 17.5. The number of benzene rings is 1. The van der Waals surface area contributed by atoms with E-state index >= 15 is 0 Å². The molecule has 80 valence electrons. The molecule has 0 aromatic heterocycles. The van der Waals surface area contributed by atoms with E-state index < -0.39 is 0 Å². The Balaban J connectivity index is 2.42. The number of halogens is 1. The molecule has 1 aliphatic rings. The molecule has 1 aromatic rings. The van der Waals surface area contributed by atoms with E-state index in [9.17, 15) is 4.79 Å². The highest BCUT2D eigenvalue weighted by Gasteiger charge is 2.29. The summed E-state index contributed by atoms with van der Waals surface area (Å²) in [5.74, 6) is 0.169. The second-order valence-corrected chi connectivity index (χ2v) is 5.37. The lowest BCUT2D eigenvalue weighted by Gasteiger charge is -2.18. The average molecular weight is 267 g/mol. The molecule has 2 rings (SSSR count). The van der Waals surface area contributed by atoms with Gasteiger partial charge in [0.1, 0.15) is 0 Å². The lowest BCUT2D eigenvalue weighted by Crippen LogP contribution is -2.12. The molecule has 0 fully saturated rings. The smallest absolute Gasteiger partial charge is 0.173 e. The zero-order valence-electron chi connectivity index (χ0n) is 9.14. The third-order valence-electron chi connectivity index (χ3n) is 3.30. The molecule has 0 atom stereocenters. The highest BCUT2D eigenvalue weighted by molar-refractivity contribution is 9.09. The Labute approximate surface area is 99.0 Å². The number of hydrogen-bond donors (Lipinski definition) is 0. The lowest BCUT2D eigenvalue weighted by atomic mass is 9.86. The summed E-state index contributed by atoms with van der Waals surface area (Å²) >= 11 is 3.20. The Kier molecular flexibility index (Phi) is 2.72. The van der Waals surface area contributed by atoms with Crippen LogP contribution in [-0.4, -0.2) is 11.1 Å². The topological polar surface area (TPSA) is 17.1 Å². The van der Waals surface area contributed by atoms with E-state index in [-0.39, 0.29) is 11.2 Å². The van der Waals surface area contributed by atoms with Crippen molar-refractivity contribution in [3.8, 4) is 0 Å². The monoisotopic (exact) mass is 266 g/mol. The van der Waals surface area contributed by atoms with Crippen molar-refractivity contribution in [2.75, 3.05) is 5.33 Å². The van der Waals surface area contributed by atoms with E-state index in [2.05, 4.69) is 41.9 Å². The maximum atomic E-state index is 11.5. The van der Waals surface area contributed by atoms with Crippen molar-refractivity contribution >= 4 is 21.7 Å². The molecule has 0 amide bonds. The lowest BCUT2D eigenvalue weighted by molar-refractivity contribution is 0.102. The zero-order valence-corrected chi connectivity index (χ0v) is 10.7. The summed E-state index contributed by atoms with van der Waals surface area (Å²) in [6, 6.07) is 6.14. The van der Waals surface area contributed by atoms with Gasteiger partial charge >= 0.3 is 0 Å². The molecular formula is C13H15BrO. The number of hydrogen-bond acceptors (Lipinski definition) is 1. The fraction of sp³-hybridized carbons (Fsp3) is 0.462. The predicted molar refractivity (Wildman–Crippen MR) is 65.9 cm³/mol. The van der Waals surface area contributed by atoms with Gasteiger partial charge in [0.2, 0.25) is 0 Å². The summed E-state index contributed by atoms with van der Waals surface area (Å²) in [6.07, 6.45) is 2.29. The first-order valence-electron chi connectivity index (χ1n) is 5.27. The van der Waals surface area contributed by atoms with Gasteiger partial charge in [-0.15, -0.1) is 0 Å². The minimum atomic E-state index is 0.169. The number of alkyl halides is 1. The van der Waals surface area contributed by atoms with Crippen molar-refractivity contribution < 1.29 is 4.79 Å². The van der Waals surface area contributed by atoms with Crippen LogP contribution in [-0.2, 0) is 11.8 Å². The quantitative estimate of drug-likeness (QED) is 0.592. The highest BCUT2D eigenvalue weighted by atomic mass is 79.9. The standard InChI is InChI=1S/C13H15BrO/c1-13(2)6-5-9-7-10(12(15)8-14)3-4-11(9)13/h3-4,7H,5-6,8H2,1-2H3. The number of fused-ring (bicyclic) bond motifs is 1. The van der Waals surface area contributed by atoms with Crippen LogP contribution in [0.2, 0.25) is 0 Å². The molecule has 1 aromatic carbocycles. The molecule has 0 heterocycles. The molecule has 0 N–H and O–H groups in total. The third-order valence-corrected chi connectivity index (χ3v) is 3.81. The fourth-order valence-electron chi connectivity index (χ4n) is 2.29. The van der Waals surface area contributed by atoms with Crippen LogP contribution in [0.25, 0.3) is 0 Å². The number of carbonyl (C=O) groups excluding carboxylic acids is 1. The van der Waals surface area contributed by atoms with E-state index in [0.717, 1.165) is 12.0 Å². The Hall–Kier alpha value is -0.630. The van der Waals surface area contributed by atoms with E-state index in [4.69, 9.17) is 0 Å². The molecule has 0 radical (unpaired) electrons. The first-order chi connectivity index (χ1) is 7.04. The van der Waals surface area contributed by atoms with Crippen molar-refractivity contribution in [3.05, 3.63) is 34.9 Å². The number of ketones is 1. The van der Waals surface area contributed by atoms with Gasteiger partial charge in [-0.25, -0.2) is 0 Å². The average Bonchev–Trinajstić information content (AvgIpc) is 2.53. The Morgan fingerprint density at radius 1 is 1.47 bits per heavy atom. The van der Waals surface area contributed by atoms with Crippen molar-refractivity contribution in [2.45, 2.75) is 32.1 Å². The Bertz CT molecular complexity index is 407. The largest absolute Gasteiger partial charge is 0.293 e. The minimum absolute atomic E-state index is 0.169. The SMILES string of the molecule is CC1(C)CCc2cc(C(=O)CBr)ccc21. The van der Waals surface area contributed by atoms with Gasteiger partial charge in [0, 0.05) is 5.56 Å². The Morgan fingerprint density at radius 2 is 2.20 bits per heavy atom. The number of rotatable bonds is 2. The fourth-order valence-corrected chi connectivity index (χ4v) is 2.62. The molecule has 0 saturated carbocycles. The van der Waals surface area contributed by atoms with Gasteiger partial charge < -0.3 is 0 Å². The van der Waals surface area contributed by atoms with Crippen molar-refractivity contribution in [3.63, 3.8) is 0 Å². The van der Waals surface area contributed by atoms with Gasteiger partial charge in [-0.1, -0.05) is 41.9 Å². The summed E-state index contributed by atoms with van der Waals surface area (Å²) < 4.78 is 0. The maximum Gasteiger partial charge on any atom is 0.173 e. The van der Waals surface area contributed by atoms with Crippen molar-refractivity contribution in [1.29, 1.82) is 0 Å². The van der Waals surface area contributed by atoms with E-state index in [1.807, 2.05) is 6.07 Å². The molecule has 15 heavy (non-hydrogen) atoms. The first-order valence-corrected chi connectivity index (χ1v) is 6.39. The number of Topliss-reactive ketones (excluding diaryl/α,β-unsaturated/α-hetero) is 1. The van der Waals surface area contributed by atoms with Crippen LogP contribution in [0.4, 0.5) is 0 Å². The molecule has 0 aliphatic heterocycles. The molecular weight excluding hydrogens is 252 g/mol. The number of carbonyl (C=O) groups is 1. The summed E-state index contributed by atoms with van der Waals surface area (Å²) in [5, 5.41) is 0.412. The van der Waals surface area contributed by atoms with Crippen molar-refractivity contribution in [2.24, 2.45) is 0 Å². The second kappa shape index (κ2) is 3.75. The molecule has 2 heteroatoms. The van der Waals surface area contributed by atoms with Gasteiger partial charge in [0.05, 0.1) is 5.33 Å². The summed E-state index contributed by atoms with van der Waals surface area (Å²) in [5.41, 5.74) is 3.88. The van der Waals surface area contributed by atoms with Crippen LogP contribution in [0.1, 0.15) is 41.8 Å². The molecule has 0 unspecified atom stereocenters. The number of aryl methyl sites for hydroxylation is 1. The molecule has 0 saturated heterocycles. The maximum absolute atomic E-state index is 11.5.